The number of rotatable bonds is 9. The Labute approximate surface area is 238 Å². The van der Waals surface area contributed by atoms with Crippen LogP contribution in [-0.2, 0) is 11.2 Å². The molecule has 0 bridgehead atoms. The van der Waals surface area contributed by atoms with Crippen LogP contribution in [0.25, 0.3) is 16.9 Å². The summed E-state index contributed by atoms with van der Waals surface area (Å²) in [5.74, 6) is -1.81. The van der Waals surface area contributed by atoms with Gasteiger partial charge in [0.1, 0.15) is 11.5 Å². The molecule has 1 saturated carbocycles. The Morgan fingerprint density at radius 2 is 1.81 bits per heavy atom. The molecular weight excluding hydrogens is 542 g/mol. The number of benzene rings is 2. The number of pyridine rings is 1. The molecule has 0 unspecified atom stereocenters. The predicted molar refractivity (Wildman–Crippen MR) is 151 cm³/mol. The summed E-state index contributed by atoms with van der Waals surface area (Å²) in [4.78, 5) is 33.8. The van der Waals surface area contributed by atoms with Crippen LogP contribution in [0.3, 0.4) is 0 Å². The number of ketones is 1. The molecule has 5 aromatic rings. The maximum atomic E-state index is 14.9. The zero-order valence-corrected chi connectivity index (χ0v) is 22.4. The Balaban J connectivity index is 1.13. The minimum absolute atomic E-state index is 0.0257. The molecule has 1 amide bonds. The Morgan fingerprint density at radius 3 is 2.55 bits per heavy atom. The van der Waals surface area contributed by atoms with Crippen LogP contribution in [-0.4, -0.2) is 37.0 Å². The summed E-state index contributed by atoms with van der Waals surface area (Å²) in [7, 11) is 0. The van der Waals surface area contributed by atoms with Gasteiger partial charge in [0.25, 0.3) is 5.91 Å². The molecule has 1 aliphatic rings. The Morgan fingerprint density at radius 1 is 1.02 bits per heavy atom. The molecule has 11 heteroatoms. The van der Waals surface area contributed by atoms with Crippen LogP contribution in [0.4, 0.5) is 14.5 Å². The quantitative estimate of drug-likeness (QED) is 0.212. The molecule has 0 radical (unpaired) electrons. The van der Waals surface area contributed by atoms with E-state index in [1.807, 2.05) is 6.92 Å². The lowest BCUT2D eigenvalue weighted by Crippen LogP contribution is -2.17. The average Bonchev–Trinajstić information content (AvgIpc) is 3.74. The van der Waals surface area contributed by atoms with Gasteiger partial charge in [-0.15, -0.1) is 5.10 Å². The molecule has 3 aromatic heterocycles. The van der Waals surface area contributed by atoms with Crippen molar-refractivity contribution in [1.82, 2.24) is 19.6 Å². The minimum atomic E-state index is -0.725. The summed E-state index contributed by atoms with van der Waals surface area (Å²) < 4.78 is 35.4. The number of carbonyl (C=O) groups excluding carboxylic acids is 2. The van der Waals surface area contributed by atoms with Gasteiger partial charge in [-0.3, -0.25) is 9.59 Å². The fraction of sp³-hybridized carbons (Fsp3) is 0.161. The number of amides is 1. The van der Waals surface area contributed by atoms with Crippen molar-refractivity contribution in [3.05, 3.63) is 102 Å². The van der Waals surface area contributed by atoms with E-state index < -0.39 is 11.7 Å². The number of imidazole rings is 1. The van der Waals surface area contributed by atoms with Gasteiger partial charge in [-0.1, -0.05) is 6.07 Å². The second-order valence-electron chi connectivity index (χ2n) is 10.1. The number of anilines is 1. The Kier molecular flexibility index (Phi) is 6.99. The highest BCUT2D eigenvalue weighted by molar-refractivity contribution is 6.40. The fourth-order valence-corrected chi connectivity index (χ4v) is 4.44. The summed E-state index contributed by atoms with van der Waals surface area (Å²) in [6.07, 6.45) is 3.39. The van der Waals surface area contributed by atoms with Crippen molar-refractivity contribution in [3.63, 3.8) is 0 Å². The van der Waals surface area contributed by atoms with Gasteiger partial charge in [-0.05, 0) is 73.9 Å². The lowest BCUT2D eigenvalue weighted by atomic mass is 10.1. The second-order valence-corrected chi connectivity index (χ2v) is 10.1. The number of ether oxygens (including phenoxy) is 1. The predicted octanol–water partition coefficient (Wildman–Crippen LogP) is 5.96. The van der Waals surface area contributed by atoms with Crippen LogP contribution in [0, 0.1) is 29.9 Å². The number of Topliss-reactive ketones (excluding diaryl/α,β-unsaturated/α-hetero) is 1. The topological polar surface area (TPSA) is 122 Å². The first kappa shape index (κ1) is 26.9. The highest BCUT2D eigenvalue weighted by Gasteiger charge is 2.32. The maximum Gasteiger partial charge on any atom is 0.274 e. The number of halogens is 2. The number of nitrogens with zero attached hydrogens (tertiary/aromatic N) is 4. The molecule has 2 N–H and O–H groups in total. The molecule has 9 nitrogen and oxygen atoms in total. The third-order valence-corrected chi connectivity index (χ3v) is 6.80. The van der Waals surface area contributed by atoms with Crippen LogP contribution in [0.1, 0.15) is 34.6 Å². The fourth-order valence-electron chi connectivity index (χ4n) is 4.44. The molecule has 1 aliphatic carbocycles. The van der Waals surface area contributed by atoms with E-state index in [1.165, 1.54) is 34.8 Å². The molecule has 0 spiro atoms. The number of aryl methyl sites for hydroxylation is 1. The van der Waals surface area contributed by atoms with Gasteiger partial charge in [0.15, 0.2) is 23.0 Å². The molecule has 42 heavy (non-hydrogen) atoms. The van der Waals surface area contributed by atoms with Gasteiger partial charge < -0.3 is 15.5 Å². The number of aromatic nitrogens is 4. The smallest absolute Gasteiger partial charge is 0.274 e. The van der Waals surface area contributed by atoms with Crippen LogP contribution in [0.2, 0.25) is 0 Å². The minimum Gasteiger partial charge on any atom is -0.434 e. The largest absolute Gasteiger partial charge is 0.434 e. The average molecular weight is 567 g/mol. The zero-order chi connectivity index (χ0) is 29.4. The Hall–Kier alpha value is -5.32. The van der Waals surface area contributed by atoms with Crippen molar-refractivity contribution in [1.29, 1.82) is 5.41 Å². The lowest BCUT2D eigenvalue weighted by Gasteiger charge is -2.10. The van der Waals surface area contributed by atoms with Crippen LogP contribution < -0.4 is 10.1 Å². The molecule has 210 valence electrons. The van der Waals surface area contributed by atoms with Gasteiger partial charge in [0, 0.05) is 35.7 Å². The molecule has 0 aliphatic heterocycles. The maximum absolute atomic E-state index is 14.9. The molecule has 1 fully saturated rings. The highest BCUT2D eigenvalue weighted by atomic mass is 19.1. The number of hydrogen-bond acceptors (Lipinski definition) is 7. The third-order valence-electron chi connectivity index (χ3n) is 6.80. The van der Waals surface area contributed by atoms with E-state index in [2.05, 4.69) is 20.4 Å². The summed E-state index contributed by atoms with van der Waals surface area (Å²) in [5, 5.41) is 15.0. The van der Waals surface area contributed by atoms with Crippen LogP contribution in [0.15, 0.2) is 72.9 Å². The lowest BCUT2D eigenvalue weighted by molar-refractivity contribution is -0.114. The summed E-state index contributed by atoms with van der Waals surface area (Å²) in [5.41, 5.74) is 3.37. The van der Waals surface area contributed by atoms with Crippen molar-refractivity contribution in [3.8, 4) is 22.9 Å². The summed E-state index contributed by atoms with van der Waals surface area (Å²) >= 11 is 0. The number of fused-ring (bicyclic) bond motifs is 1. The van der Waals surface area contributed by atoms with Crippen LogP contribution in [0.5, 0.6) is 11.6 Å². The molecule has 2 aromatic carbocycles. The third kappa shape index (κ3) is 5.75. The van der Waals surface area contributed by atoms with Crippen LogP contribution >= 0.6 is 0 Å². The van der Waals surface area contributed by atoms with E-state index in [9.17, 15) is 18.4 Å². The number of nitrogens with one attached hydrogen (secondary N) is 2. The van der Waals surface area contributed by atoms with E-state index in [1.54, 1.807) is 36.5 Å². The van der Waals surface area contributed by atoms with Gasteiger partial charge in [-0.2, -0.15) is 0 Å². The Bertz CT molecular complexity index is 1870. The zero-order valence-electron chi connectivity index (χ0n) is 22.4. The van der Waals surface area contributed by atoms with Gasteiger partial charge in [0.05, 0.1) is 23.3 Å². The van der Waals surface area contributed by atoms with Gasteiger partial charge >= 0.3 is 0 Å². The molecule has 0 saturated heterocycles. The van der Waals surface area contributed by atoms with E-state index in [0.29, 0.717) is 22.6 Å². The van der Waals surface area contributed by atoms with Crippen molar-refractivity contribution in [2.24, 2.45) is 5.92 Å². The van der Waals surface area contributed by atoms with Crippen molar-refractivity contribution >= 4 is 28.7 Å². The normalized spacial score (nSPS) is 12.7. The van der Waals surface area contributed by atoms with E-state index in [4.69, 9.17) is 10.1 Å². The van der Waals surface area contributed by atoms with Gasteiger partial charge in [0.2, 0.25) is 5.88 Å². The summed E-state index contributed by atoms with van der Waals surface area (Å²) in [6.45, 7) is 1.84. The first-order chi connectivity index (χ1) is 20.2. The molecular formula is C31H24F2N6O3. The van der Waals surface area contributed by atoms with E-state index in [0.717, 1.165) is 24.5 Å². The van der Waals surface area contributed by atoms with Gasteiger partial charge in [-0.25, -0.2) is 23.3 Å². The summed E-state index contributed by atoms with van der Waals surface area (Å²) in [6, 6.07) is 16.3. The van der Waals surface area contributed by atoms with E-state index in [-0.39, 0.29) is 52.7 Å². The number of hydrogen-bond donors (Lipinski definition) is 2. The second kappa shape index (κ2) is 10.9. The first-order valence-corrected chi connectivity index (χ1v) is 13.2. The molecule has 3 heterocycles. The molecule has 6 rings (SSSR count). The number of carbonyl (C=O) groups is 2. The highest BCUT2D eigenvalue weighted by Crippen LogP contribution is 2.31. The standard InChI is InChI=1S/C31H24F2N6O3/c1-17-2-10-25(37-29(17)18-5-7-20(32)8-6-18)31(41)36-21-9-11-26(23(33)14-21)42-28-13-12-27-35-22(16-39(27)38-28)15-24(34)30(40)19-3-4-19/h2,5-14,16,19,34H,3-4,15H2,1H3,(H,36,41). The molecule has 0 atom stereocenters. The van der Waals surface area contributed by atoms with E-state index >= 15 is 0 Å². The van der Waals surface area contributed by atoms with Crippen molar-refractivity contribution < 1.29 is 23.1 Å². The van der Waals surface area contributed by atoms with Crippen molar-refractivity contribution in [2.45, 2.75) is 26.2 Å². The van der Waals surface area contributed by atoms with Crippen molar-refractivity contribution in [2.75, 3.05) is 5.32 Å². The SMILES string of the molecule is Cc1ccc(C(=O)Nc2ccc(Oc3ccc4nc(CC(=N)C(=O)C5CC5)cn4n3)c(F)c2)nc1-c1ccc(F)cc1. The first-order valence-electron chi connectivity index (χ1n) is 13.2. The monoisotopic (exact) mass is 566 g/mol.